The van der Waals surface area contributed by atoms with Gasteiger partial charge in [-0.15, -0.1) is 0 Å². The van der Waals surface area contributed by atoms with E-state index in [1.165, 1.54) is 16.0 Å². The molecule has 21 heavy (non-hydrogen) atoms. The molecule has 1 aromatic heterocycles. The summed E-state index contributed by atoms with van der Waals surface area (Å²) in [6.07, 6.45) is 0. The Hall–Kier alpha value is -1.59. The van der Waals surface area contributed by atoms with Crippen LogP contribution in [0.5, 0.6) is 0 Å². The maximum atomic E-state index is 5.40. The molecule has 0 saturated heterocycles. The standard InChI is InChI=1S/C16H21N3OS/c1-5-20-10-15-18-14(17-4)9-16(19-15)21-13-7-6-11(2)8-12(13)3/h6-9H,5,10H2,1-4H3,(H,17,18,19). The third-order valence-corrected chi connectivity index (χ3v) is 4.08. The monoisotopic (exact) mass is 303 g/mol. The molecular formula is C16H21N3OS. The Morgan fingerprint density at radius 1 is 1.19 bits per heavy atom. The summed E-state index contributed by atoms with van der Waals surface area (Å²) in [5.74, 6) is 1.52. The van der Waals surface area contributed by atoms with Crippen molar-refractivity contribution in [2.45, 2.75) is 37.3 Å². The largest absolute Gasteiger partial charge is 0.374 e. The number of rotatable bonds is 6. The van der Waals surface area contributed by atoms with Gasteiger partial charge < -0.3 is 10.1 Å². The van der Waals surface area contributed by atoms with Gasteiger partial charge in [0.2, 0.25) is 0 Å². The van der Waals surface area contributed by atoms with Crippen LogP contribution in [0.1, 0.15) is 23.9 Å². The number of aromatic nitrogens is 2. The van der Waals surface area contributed by atoms with Crippen molar-refractivity contribution < 1.29 is 4.74 Å². The first-order chi connectivity index (χ1) is 10.1. The Kier molecular flexibility index (Phi) is 5.59. The summed E-state index contributed by atoms with van der Waals surface area (Å²) < 4.78 is 5.40. The van der Waals surface area contributed by atoms with Crippen LogP contribution in [-0.2, 0) is 11.3 Å². The summed E-state index contributed by atoms with van der Waals surface area (Å²) in [5.41, 5.74) is 2.53. The van der Waals surface area contributed by atoms with Crippen molar-refractivity contribution in [2.75, 3.05) is 19.0 Å². The van der Waals surface area contributed by atoms with Gasteiger partial charge in [0.15, 0.2) is 5.82 Å². The van der Waals surface area contributed by atoms with Gasteiger partial charge in [0, 0.05) is 24.6 Å². The molecule has 0 bridgehead atoms. The quantitative estimate of drug-likeness (QED) is 0.822. The average molecular weight is 303 g/mol. The van der Waals surface area contributed by atoms with Crippen LogP contribution in [0.3, 0.4) is 0 Å². The molecule has 0 spiro atoms. The lowest BCUT2D eigenvalue weighted by atomic mass is 10.2. The fourth-order valence-electron chi connectivity index (χ4n) is 1.94. The van der Waals surface area contributed by atoms with Crippen LogP contribution in [0.25, 0.3) is 0 Å². The Bertz CT molecular complexity index is 616. The van der Waals surface area contributed by atoms with E-state index in [1.807, 2.05) is 20.0 Å². The van der Waals surface area contributed by atoms with Gasteiger partial charge in [-0.3, -0.25) is 0 Å². The van der Waals surface area contributed by atoms with Crippen LogP contribution >= 0.6 is 11.8 Å². The Balaban J connectivity index is 2.25. The van der Waals surface area contributed by atoms with Crippen LogP contribution in [-0.4, -0.2) is 23.6 Å². The first-order valence-corrected chi connectivity index (χ1v) is 7.82. The fourth-order valence-corrected chi connectivity index (χ4v) is 2.84. The second kappa shape index (κ2) is 7.43. The molecule has 0 amide bonds. The minimum absolute atomic E-state index is 0.437. The third kappa shape index (κ3) is 4.44. The lowest BCUT2D eigenvalue weighted by Crippen LogP contribution is -2.03. The molecule has 0 atom stereocenters. The summed E-state index contributed by atoms with van der Waals surface area (Å²) in [6, 6.07) is 8.40. The van der Waals surface area contributed by atoms with E-state index in [1.54, 1.807) is 11.8 Å². The summed E-state index contributed by atoms with van der Waals surface area (Å²) in [7, 11) is 1.86. The van der Waals surface area contributed by atoms with Crippen molar-refractivity contribution >= 4 is 17.6 Å². The zero-order valence-corrected chi connectivity index (χ0v) is 13.8. The molecule has 0 fully saturated rings. The molecule has 2 rings (SSSR count). The summed E-state index contributed by atoms with van der Waals surface area (Å²) >= 11 is 1.65. The van der Waals surface area contributed by atoms with Crippen molar-refractivity contribution in [1.29, 1.82) is 0 Å². The topological polar surface area (TPSA) is 47.0 Å². The first-order valence-electron chi connectivity index (χ1n) is 7.01. The van der Waals surface area contributed by atoms with Crippen molar-refractivity contribution in [2.24, 2.45) is 0 Å². The van der Waals surface area contributed by atoms with Gasteiger partial charge in [0.25, 0.3) is 0 Å². The highest BCUT2D eigenvalue weighted by atomic mass is 32.2. The highest BCUT2D eigenvalue weighted by molar-refractivity contribution is 7.99. The zero-order chi connectivity index (χ0) is 15.2. The normalized spacial score (nSPS) is 10.7. The molecule has 0 radical (unpaired) electrons. The van der Waals surface area contributed by atoms with E-state index in [2.05, 4.69) is 47.3 Å². The molecule has 2 aromatic rings. The fraction of sp³-hybridized carbons (Fsp3) is 0.375. The number of benzene rings is 1. The van der Waals surface area contributed by atoms with Gasteiger partial charge in [-0.05, 0) is 32.4 Å². The summed E-state index contributed by atoms with van der Waals surface area (Å²) in [5, 5.41) is 4.00. The molecule has 0 aliphatic rings. The molecule has 112 valence electrons. The van der Waals surface area contributed by atoms with Crippen LogP contribution in [0.15, 0.2) is 34.2 Å². The van der Waals surface area contributed by atoms with Gasteiger partial charge in [0.1, 0.15) is 17.5 Å². The van der Waals surface area contributed by atoms with Crippen LogP contribution in [0, 0.1) is 13.8 Å². The molecule has 0 saturated carbocycles. The average Bonchev–Trinajstić information content (AvgIpc) is 2.48. The number of nitrogens with zero attached hydrogens (tertiary/aromatic N) is 2. The highest BCUT2D eigenvalue weighted by Crippen LogP contribution is 2.30. The molecule has 0 aliphatic carbocycles. The SMILES string of the molecule is CCOCc1nc(NC)cc(Sc2ccc(C)cc2C)n1. The molecule has 1 N–H and O–H groups in total. The molecule has 1 heterocycles. The Morgan fingerprint density at radius 2 is 2.00 bits per heavy atom. The summed E-state index contributed by atoms with van der Waals surface area (Å²) in [4.78, 5) is 10.2. The van der Waals surface area contributed by atoms with E-state index in [4.69, 9.17) is 4.74 Å². The van der Waals surface area contributed by atoms with E-state index in [0.717, 1.165) is 10.8 Å². The molecule has 0 unspecified atom stereocenters. The van der Waals surface area contributed by atoms with Gasteiger partial charge in [-0.25, -0.2) is 9.97 Å². The maximum Gasteiger partial charge on any atom is 0.157 e. The first kappa shape index (κ1) is 15.8. The van der Waals surface area contributed by atoms with E-state index in [9.17, 15) is 0 Å². The van der Waals surface area contributed by atoms with Gasteiger partial charge in [-0.2, -0.15) is 0 Å². The molecule has 0 aliphatic heterocycles. The van der Waals surface area contributed by atoms with Crippen molar-refractivity contribution in [1.82, 2.24) is 9.97 Å². The van der Waals surface area contributed by atoms with Gasteiger partial charge in [-0.1, -0.05) is 29.5 Å². The van der Waals surface area contributed by atoms with E-state index in [-0.39, 0.29) is 0 Å². The number of aryl methyl sites for hydroxylation is 2. The second-order valence-electron chi connectivity index (χ2n) is 4.77. The van der Waals surface area contributed by atoms with Crippen LogP contribution < -0.4 is 5.32 Å². The smallest absolute Gasteiger partial charge is 0.157 e. The number of anilines is 1. The predicted octanol–water partition coefficient (Wildman–Crippen LogP) is 3.82. The van der Waals surface area contributed by atoms with Gasteiger partial charge >= 0.3 is 0 Å². The van der Waals surface area contributed by atoms with E-state index < -0.39 is 0 Å². The minimum atomic E-state index is 0.437. The predicted molar refractivity (Wildman–Crippen MR) is 86.9 cm³/mol. The second-order valence-corrected chi connectivity index (χ2v) is 5.83. The highest BCUT2D eigenvalue weighted by Gasteiger charge is 2.07. The Labute approximate surface area is 130 Å². The molecule has 5 heteroatoms. The number of hydrogen-bond donors (Lipinski definition) is 1. The van der Waals surface area contributed by atoms with Gasteiger partial charge in [0.05, 0.1) is 0 Å². The lowest BCUT2D eigenvalue weighted by molar-refractivity contribution is 0.128. The maximum absolute atomic E-state index is 5.40. The van der Waals surface area contributed by atoms with E-state index >= 15 is 0 Å². The number of hydrogen-bond acceptors (Lipinski definition) is 5. The number of ether oxygens (including phenoxy) is 1. The van der Waals surface area contributed by atoms with Crippen molar-refractivity contribution in [3.8, 4) is 0 Å². The van der Waals surface area contributed by atoms with Crippen LogP contribution in [0.2, 0.25) is 0 Å². The number of nitrogens with one attached hydrogen (secondary N) is 1. The van der Waals surface area contributed by atoms with Crippen molar-refractivity contribution in [3.05, 3.63) is 41.2 Å². The molecule has 1 aromatic carbocycles. The molecular weight excluding hydrogens is 282 g/mol. The third-order valence-electron chi connectivity index (χ3n) is 2.99. The lowest BCUT2D eigenvalue weighted by Gasteiger charge is -2.09. The van der Waals surface area contributed by atoms with Crippen molar-refractivity contribution in [3.63, 3.8) is 0 Å². The van der Waals surface area contributed by atoms with Crippen LogP contribution in [0.4, 0.5) is 5.82 Å². The Morgan fingerprint density at radius 3 is 2.67 bits per heavy atom. The summed E-state index contributed by atoms with van der Waals surface area (Å²) in [6.45, 7) is 7.29. The van der Waals surface area contributed by atoms with E-state index in [0.29, 0.717) is 19.0 Å². The minimum Gasteiger partial charge on any atom is -0.374 e. The molecule has 4 nitrogen and oxygen atoms in total. The zero-order valence-electron chi connectivity index (χ0n) is 12.9.